The van der Waals surface area contributed by atoms with Crippen LogP contribution in [0.15, 0.2) is 30.3 Å². The highest BCUT2D eigenvalue weighted by atomic mass is 16.6. The van der Waals surface area contributed by atoms with Crippen LogP contribution in [-0.2, 0) is 9.53 Å². The number of benzene rings is 1. The average molecular weight is 243 g/mol. The van der Waals surface area contributed by atoms with Gasteiger partial charge in [0, 0.05) is 11.9 Å². The second-order valence-corrected chi connectivity index (χ2v) is 4.99. The number of rotatable bonds is 2. The first-order valence-corrected chi connectivity index (χ1v) is 6.23. The largest absolute Gasteiger partial charge is 0.448 e. The van der Waals surface area contributed by atoms with E-state index in [-0.39, 0.29) is 23.7 Å². The summed E-state index contributed by atoms with van der Waals surface area (Å²) in [5.74, 6) is -0.0133. The Morgan fingerprint density at radius 3 is 2.67 bits per heavy atom. The van der Waals surface area contributed by atoms with Gasteiger partial charge in [-0.1, -0.05) is 30.3 Å². The first-order chi connectivity index (χ1) is 8.68. The van der Waals surface area contributed by atoms with Gasteiger partial charge in [-0.2, -0.15) is 0 Å². The lowest BCUT2D eigenvalue weighted by Crippen LogP contribution is -2.40. The van der Waals surface area contributed by atoms with E-state index in [4.69, 9.17) is 4.74 Å². The van der Waals surface area contributed by atoms with Gasteiger partial charge in [-0.05, 0) is 17.9 Å². The van der Waals surface area contributed by atoms with Crippen LogP contribution in [-0.4, -0.2) is 37.3 Å². The van der Waals surface area contributed by atoms with E-state index in [0.29, 0.717) is 6.61 Å². The predicted molar refractivity (Wildman–Crippen MR) is 67.8 cm³/mol. The molecule has 3 rings (SSSR count). The molecule has 0 unspecified atom stereocenters. The zero-order valence-corrected chi connectivity index (χ0v) is 10.2. The summed E-state index contributed by atoms with van der Waals surface area (Å²) >= 11 is 0. The maximum Gasteiger partial charge on any atom is 0.416 e. The summed E-state index contributed by atoms with van der Waals surface area (Å²) in [7, 11) is 1.84. The lowest BCUT2D eigenvalue weighted by atomic mass is 9.96. The van der Waals surface area contributed by atoms with E-state index in [9.17, 15) is 9.59 Å². The predicted octanol–water partition coefficient (Wildman–Crippen LogP) is 0.728. The van der Waals surface area contributed by atoms with Gasteiger partial charge in [-0.3, -0.25) is 4.79 Å². The molecule has 92 valence electrons. The fourth-order valence-electron chi connectivity index (χ4n) is 2.54. The van der Waals surface area contributed by atoms with Crippen LogP contribution in [0.2, 0.25) is 0 Å². The van der Waals surface area contributed by atoms with Gasteiger partial charge in [0.15, 0.2) is 0 Å². The summed E-state index contributed by atoms with van der Waals surface area (Å²) in [6.45, 7) is 0.313. The monoisotopic (exact) mass is 243 g/mol. The first kappa shape index (κ1) is 11.3. The molecule has 2 amide bonds. The maximum absolute atomic E-state index is 12.2. The summed E-state index contributed by atoms with van der Waals surface area (Å²) in [4.78, 5) is 25.0. The zero-order valence-electron chi connectivity index (χ0n) is 10.2. The van der Waals surface area contributed by atoms with Crippen LogP contribution in [0.25, 0.3) is 0 Å². The summed E-state index contributed by atoms with van der Waals surface area (Å²) in [5.41, 5.74) is 1.18. The van der Waals surface area contributed by atoms with Crippen molar-refractivity contribution < 1.29 is 14.3 Å². The van der Waals surface area contributed by atoms with Crippen molar-refractivity contribution in [3.05, 3.63) is 35.9 Å². The summed E-state index contributed by atoms with van der Waals surface area (Å²) in [5, 5.41) is 0. The summed E-state index contributed by atoms with van der Waals surface area (Å²) < 4.78 is 4.88. The Labute approximate surface area is 106 Å². The van der Waals surface area contributed by atoms with E-state index >= 15 is 0 Å². The van der Waals surface area contributed by atoms with Crippen molar-refractivity contribution in [1.82, 2.24) is 4.90 Å². The van der Waals surface area contributed by atoms with Crippen molar-refractivity contribution in [3.63, 3.8) is 0 Å². The molecular formula is C13H14BNO3. The molecule has 1 aliphatic heterocycles. The lowest BCUT2D eigenvalue weighted by Gasteiger charge is -2.15. The van der Waals surface area contributed by atoms with Crippen LogP contribution < -0.4 is 0 Å². The van der Waals surface area contributed by atoms with E-state index in [1.54, 1.807) is 0 Å². The fourth-order valence-corrected chi connectivity index (χ4v) is 2.54. The number of imide groups is 1. The van der Waals surface area contributed by atoms with Gasteiger partial charge in [0.1, 0.15) is 14.5 Å². The van der Waals surface area contributed by atoms with Gasteiger partial charge < -0.3 is 4.74 Å². The minimum Gasteiger partial charge on any atom is -0.448 e. The number of hydrogen-bond acceptors (Lipinski definition) is 3. The third-order valence-electron chi connectivity index (χ3n) is 3.66. The standard InChI is InChI=1S/C13H14BNO3/c14-11-7-18-13(17)15(11)12(16)10-6-9(10)8-4-2-1-3-5-8/h1-5,9-11H,6-7,14H2/t9-,10+,11-/m1/s1. The highest BCUT2D eigenvalue weighted by molar-refractivity contribution is 6.16. The third-order valence-corrected chi connectivity index (χ3v) is 3.66. The van der Waals surface area contributed by atoms with Crippen LogP contribution in [0.1, 0.15) is 17.9 Å². The van der Waals surface area contributed by atoms with Gasteiger partial charge in [-0.15, -0.1) is 0 Å². The van der Waals surface area contributed by atoms with Crippen molar-refractivity contribution in [2.75, 3.05) is 6.61 Å². The SMILES string of the molecule is B[C@H]1COC(=O)N1C(=O)[C@H]1C[C@@H]1c1ccccc1. The van der Waals surface area contributed by atoms with Crippen LogP contribution in [0, 0.1) is 5.92 Å². The van der Waals surface area contributed by atoms with Crippen LogP contribution >= 0.6 is 0 Å². The molecule has 1 aromatic carbocycles. The van der Waals surface area contributed by atoms with Gasteiger partial charge in [0.05, 0.1) is 0 Å². The van der Waals surface area contributed by atoms with Crippen LogP contribution in [0.5, 0.6) is 0 Å². The fraction of sp³-hybridized carbons (Fsp3) is 0.385. The molecular weight excluding hydrogens is 229 g/mol. The smallest absolute Gasteiger partial charge is 0.416 e. The Balaban J connectivity index is 1.71. The van der Waals surface area contributed by atoms with Gasteiger partial charge in [0.25, 0.3) is 0 Å². The molecule has 4 nitrogen and oxygen atoms in total. The highest BCUT2D eigenvalue weighted by Gasteiger charge is 2.49. The highest BCUT2D eigenvalue weighted by Crippen LogP contribution is 2.48. The lowest BCUT2D eigenvalue weighted by molar-refractivity contribution is -0.129. The van der Waals surface area contributed by atoms with Crippen molar-refractivity contribution >= 4 is 19.8 Å². The van der Waals surface area contributed by atoms with Gasteiger partial charge >= 0.3 is 6.09 Å². The number of nitrogens with zero attached hydrogens (tertiary/aromatic N) is 1. The summed E-state index contributed by atoms with van der Waals surface area (Å²) in [6, 6.07) is 9.97. The second-order valence-electron chi connectivity index (χ2n) is 4.99. The topological polar surface area (TPSA) is 46.6 Å². The molecule has 1 saturated carbocycles. The molecule has 1 aliphatic carbocycles. The Morgan fingerprint density at radius 1 is 1.33 bits per heavy atom. The molecule has 0 radical (unpaired) electrons. The van der Waals surface area contributed by atoms with Crippen molar-refractivity contribution in [2.24, 2.45) is 5.92 Å². The molecule has 2 aliphatic rings. The Morgan fingerprint density at radius 2 is 2.06 bits per heavy atom. The van der Waals surface area contributed by atoms with Crippen molar-refractivity contribution in [3.8, 4) is 0 Å². The third kappa shape index (κ3) is 1.80. The van der Waals surface area contributed by atoms with E-state index in [2.05, 4.69) is 0 Å². The van der Waals surface area contributed by atoms with Gasteiger partial charge in [-0.25, -0.2) is 9.69 Å². The van der Waals surface area contributed by atoms with E-state index < -0.39 is 6.09 Å². The first-order valence-electron chi connectivity index (χ1n) is 6.23. The van der Waals surface area contributed by atoms with Crippen LogP contribution in [0.4, 0.5) is 4.79 Å². The second kappa shape index (κ2) is 4.16. The molecule has 0 bridgehead atoms. The Bertz CT molecular complexity index is 490. The molecule has 0 N–H and O–H groups in total. The van der Waals surface area contributed by atoms with E-state index in [1.807, 2.05) is 38.2 Å². The van der Waals surface area contributed by atoms with Gasteiger partial charge in [0.2, 0.25) is 5.91 Å². The number of ether oxygens (including phenoxy) is 1. The number of amides is 2. The van der Waals surface area contributed by atoms with E-state index in [0.717, 1.165) is 6.42 Å². The normalized spacial score (nSPS) is 30.1. The average Bonchev–Trinajstić information content (AvgIpc) is 3.11. The van der Waals surface area contributed by atoms with Crippen LogP contribution in [0.3, 0.4) is 0 Å². The number of cyclic esters (lactones) is 1. The Kier molecular flexibility index (Phi) is 2.61. The quantitative estimate of drug-likeness (QED) is 0.719. The number of hydrogen-bond donors (Lipinski definition) is 0. The molecule has 1 heterocycles. The van der Waals surface area contributed by atoms with Crippen molar-refractivity contribution in [2.45, 2.75) is 18.3 Å². The maximum atomic E-state index is 12.2. The molecule has 3 atom stereocenters. The molecule has 0 spiro atoms. The molecule has 1 saturated heterocycles. The van der Waals surface area contributed by atoms with E-state index in [1.165, 1.54) is 10.5 Å². The molecule has 1 aromatic rings. The molecule has 2 fully saturated rings. The minimum absolute atomic E-state index is 0.0551. The number of carbonyl (C=O) groups excluding carboxylic acids is 2. The Hall–Kier alpha value is -1.78. The summed E-state index contributed by atoms with van der Waals surface area (Å²) in [6.07, 6.45) is 0.338. The molecule has 5 heteroatoms. The zero-order chi connectivity index (χ0) is 12.7. The molecule has 0 aromatic heterocycles. The minimum atomic E-state index is -0.494. The van der Waals surface area contributed by atoms with Crippen molar-refractivity contribution in [1.29, 1.82) is 0 Å². The number of carbonyl (C=O) groups is 2. The molecule has 18 heavy (non-hydrogen) atoms.